The van der Waals surface area contributed by atoms with Gasteiger partial charge in [-0.05, 0) is 0 Å². The van der Waals surface area contributed by atoms with Gasteiger partial charge in [0.05, 0.1) is 0 Å². The average molecular weight is 339 g/mol. The topological polar surface area (TPSA) is 0 Å². The van der Waals surface area contributed by atoms with Gasteiger partial charge in [0.2, 0.25) is 0 Å². The van der Waals surface area contributed by atoms with Crippen molar-refractivity contribution in [3.8, 4) is 11.8 Å². The van der Waals surface area contributed by atoms with Crippen LogP contribution >= 0.6 is 0 Å². The molecule has 1 saturated carbocycles. The number of benzene rings is 2. The van der Waals surface area contributed by atoms with Crippen LogP contribution < -0.4 is 4.46 Å². The van der Waals surface area contributed by atoms with Crippen molar-refractivity contribution >= 4 is 19.4 Å². The molecule has 0 amide bonds. The number of rotatable bonds is 2. The van der Waals surface area contributed by atoms with Gasteiger partial charge in [0, 0.05) is 0 Å². The molecule has 0 heterocycles. The molecule has 0 radical (unpaired) electrons. The molecule has 1 aliphatic rings. The first-order valence-corrected chi connectivity index (χ1v) is 9.55. The van der Waals surface area contributed by atoms with Gasteiger partial charge in [-0.2, -0.15) is 0 Å². The Labute approximate surface area is 134 Å². The summed E-state index contributed by atoms with van der Waals surface area (Å²) < 4.78 is 1.52. The van der Waals surface area contributed by atoms with Crippen LogP contribution in [0.2, 0.25) is 4.82 Å². The third kappa shape index (κ3) is 4.24. The quantitative estimate of drug-likeness (QED) is 0.572. The van der Waals surface area contributed by atoms with Crippen molar-refractivity contribution in [2.45, 2.75) is 30.5 Å². The van der Waals surface area contributed by atoms with E-state index in [4.69, 9.17) is 0 Å². The molecule has 0 aliphatic heterocycles. The van der Waals surface area contributed by atoms with Crippen LogP contribution in [0.15, 0.2) is 60.7 Å². The van der Waals surface area contributed by atoms with Crippen LogP contribution in [-0.4, -0.2) is 15.0 Å². The SMILES string of the molecule is C(#C[C@H]1CCCC[C@H]1[Se]c1ccccc1)c1ccccc1. The van der Waals surface area contributed by atoms with E-state index in [0.717, 1.165) is 10.4 Å². The Bertz CT molecular complexity index is 607. The van der Waals surface area contributed by atoms with E-state index in [1.54, 1.807) is 0 Å². The Morgan fingerprint density at radius 2 is 1.48 bits per heavy atom. The Balaban J connectivity index is 1.71. The molecule has 1 heteroatoms. The normalized spacial score (nSPS) is 21.3. The first-order chi connectivity index (χ1) is 10.4. The summed E-state index contributed by atoms with van der Waals surface area (Å²) in [7, 11) is 0. The van der Waals surface area contributed by atoms with E-state index in [1.807, 2.05) is 6.07 Å². The fourth-order valence-corrected chi connectivity index (χ4v) is 5.54. The standard InChI is InChI=1S/C20H20Se/c1-3-9-17(10-4-1)15-16-18-11-7-8-14-20(18)21-19-12-5-2-6-13-19/h1-6,9-10,12-13,18,20H,7-8,11,14H2/t18-,20-/m1/s1. The van der Waals surface area contributed by atoms with Crippen LogP contribution in [0.5, 0.6) is 0 Å². The molecule has 1 fully saturated rings. The summed E-state index contributed by atoms with van der Waals surface area (Å²) >= 11 is 0.553. The maximum absolute atomic E-state index is 3.57. The van der Waals surface area contributed by atoms with Gasteiger partial charge < -0.3 is 0 Å². The van der Waals surface area contributed by atoms with E-state index in [2.05, 4.69) is 66.4 Å². The predicted molar refractivity (Wildman–Crippen MR) is 90.9 cm³/mol. The third-order valence-electron chi connectivity index (χ3n) is 3.91. The van der Waals surface area contributed by atoms with Crippen molar-refractivity contribution in [1.82, 2.24) is 0 Å². The van der Waals surface area contributed by atoms with Crippen LogP contribution in [0.25, 0.3) is 0 Å². The summed E-state index contributed by atoms with van der Waals surface area (Å²) in [5, 5.41) is 0. The van der Waals surface area contributed by atoms with Crippen LogP contribution in [0.4, 0.5) is 0 Å². The zero-order valence-corrected chi connectivity index (χ0v) is 13.9. The summed E-state index contributed by atoms with van der Waals surface area (Å²) in [6, 6.07) is 21.4. The molecular formula is C20H20Se. The molecule has 21 heavy (non-hydrogen) atoms. The molecule has 2 atom stereocenters. The monoisotopic (exact) mass is 340 g/mol. The van der Waals surface area contributed by atoms with Gasteiger partial charge in [-0.15, -0.1) is 0 Å². The molecule has 2 aromatic rings. The Morgan fingerprint density at radius 3 is 2.24 bits per heavy atom. The average Bonchev–Trinajstić information content (AvgIpc) is 2.56. The molecule has 0 nitrogen and oxygen atoms in total. The van der Waals surface area contributed by atoms with Crippen LogP contribution in [0.1, 0.15) is 31.2 Å². The van der Waals surface area contributed by atoms with E-state index >= 15 is 0 Å². The van der Waals surface area contributed by atoms with Gasteiger partial charge in [-0.1, -0.05) is 0 Å². The maximum atomic E-state index is 3.57. The van der Waals surface area contributed by atoms with E-state index in [1.165, 1.54) is 30.1 Å². The van der Waals surface area contributed by atoms with Crippen molar-refractivity contribution in [3.05, 3.63) is 66.2 Å². The zero-order chi connectivity index (χ0) is 14.3. The van der Waals surface area contributed by atoms with E-state index in [0.29, 0.717) is 20.9 Å². The van der Waals surface area contributed by atoms with Gasteiger partial charge in [0.15, 0.2) is 0 Å². The summed E-state index contributed by atoms with van der Waals surface area (Å²) in [5.74, 6) is 7.55. The fraction of sp³-hybridized carbons (Fsp3) is 0.300. The summed E-state index contributed by atoms with van der Waals surface area (Å²) in [6.07, 6.45) is 5.35. The molecule has 2 aromatic carbocycles. The van der Waals surface area contributed by atoms with Crippen molar-refractivity contribution in [1.29, 1.82) is 0 Å². The molecule has 0 saturated heterocycles. The molecule has 0 spiro atoms. The van der Waals surface area contributed by atoms with Crippen molar-refractivity contribution in [3.63, 3.8) is 0 Å². The molecule has 3 rings (SSSR count). The molecular weight excluding hydrogens is 319 g/mol. The fourth-order valence-electron chi connectivity index (χ4n) is 2.77. The molecule has 0 bridgehead atoms. The van der Waals surface area contributed by atoms with E-state index in [9.17, 15) is 0 Å². The Hall–Kier alpha value is -1.48. The molecule has 1 aliphatic carbocycles. The van der Waals surface area contributed by atoms with Gasteiger partial charge in [-0.25, -0.2) is 0 Å². The van der Waals surface area contributed by atoms with Gasteiger partial charge in [0.25, 0.3) is 0 Å². The van der Waals surface area contributed by atoms with Crippen LogP contribution in [-0.2, 0) is 0 Å². The van der Waals surface area contributed by atoms with Crippen LogP contribution in [0, 0.1) is 17.8 Å². The van der Waals surface area contributed by atoms with Crippen molar-refractivity contribution in [2.75, 3.05) is 0 Å². The Morgan fingerprint density at radius 1 is 0.810 bits per heavy atom. The van der Waals surface area contributed by atoms with Crippen molar-refractivity contribution in [2.24, 2.45) is 5.92 Å². The second-order valence-corrected chi connectivity index (χ2v) is 8.25. The van der Waals surface area contributed by atoms with Gasteiger partial charge in [-0.3, -0.25) is 0 Å². The third-order valence-corrected chi connectivity index (χ3v) is 6.87. The molecule has 0 aromatic heterocycles. The minimum absolute atomic E-state index is 0.553. The summed E-state index contributed by atoms with van der Waals surface area (Å²) in [5.41, 5.74) is 1.15. The second kappa shape index (κ2) is 7.51. The van der Waals surface area contributed by atoms with Gasteiger partial charge in [0.1, 0.15) is 0 Å². The van der Waals surface area contributed by atoms with Crippen LogP contribution in [0.3, 0.4) is 0 Å². The molecule has 0 N–H and O–H groups in total. The minimum atomic E-state index is 0.553. The van der Waals surface area contributed by atoms with E-state index in [-0.39, 0.29) is 0 Å². The summed E-state index contributed by atoms with van der Waals surface area (Å²) in [4.78, 5) is 0.782. The Kier molecular flexibility index (Phi) is 5.17. The number of hydrogen-bond donors (Lipinski definition) is 0. The number of hydrogen-bond acceptors (Lipinski definition) is 0. The first-order valence-electron chi connectivity index (χ1n) is 7.70. The summed E-state index contributed by atoms with van der Waals surface area (Å²) in [6.45, 7) is 0. The van der Waals surface area contributed by atoms with Gasteiger partial charge >= 0.3 is 134 Å². The molecule has 106 valence electrons. The zero-order valence-electron chi connectivity index (χ0n) is 12.2. The van der Waals surface area contributed by atoms with E-state index < -0.39 is 0 Å². The first kappa shape index (κ1) is 14.5. The van der Waals surface area contributed by atoms with Crippen molar-refractivity contribution < 1.29 is 0 Å². The predicted octanol–water partition coefficient (Wildman–Crippen LogP) is 4.05. The molecule has 0 unspecified atom stereocenters. The second-order valence-electron chi connectivity index (χ2n) is 5.50.